The van der Waals surface area contributed by atoms with Crippen LogP contribution in [0.3, 0.4) is 0 Å². The van der Waals surface area contributed by atoms with E-state index in [1.807, 2.05) is 14.1 Å². The Kier molecular flexibility index (Phi) is 6.22. The third-order valence-electron chi connectivity index (χ3n) is 4.85. The SMILES string of the molecule is C#CCNS(=O)(=O)c1ccc(C(=O)NCC2(N(C)C)CCCC2)cc1. The van der Waals surface area contributed by atoms with Crippen molar-refractivity contribution >= 4 is 15.9 Å². The van der Waals surface area contributed by atoms with E-state index in [2.05, 4.69) is 20.9 Å². The van der Waals surface area contributed by atoms with Crippen molar-refractivity contribution in [2.75, 3.05) is 27.2 Å². The van der Waals surface area contributed by atoms with Crippen LogP contribution in [-0.4, -0.2) is 51.9 Å². The maximum atomic E-state index is 12.4. The van der Waals surface area contributed by atoms with Gasteiger partial charge in [0.25, 0.3) is 5.91 Å². The fraction of sp³-hybridized carbons (Fsp3) is 0.500. The van der Waals surface area contributed by atoms with E-state index in [0.717, 1.165) is 12.8 Å². The fourth-order valence-electron chi connectivity index (χ4n) is 3.17. The highest BCUT2D eigenvalue weighted by atomic mass is 32.2. The number of sulfonamides is 1. The summed E-state index contributed by atoms with van der Waals surface area (Å²) in [6.45, 7) is 0.514. The number of amides is 1. The predicted octanol–water partition coefficient (Wildman–Crippen LogP) is 1.20. The van der Waals surface area contributed by atoms with Crippen molar-refractivity contribution < 1.29 is 13.2 Å². The molecule has 1 aromatic rings. The number of carbonyl (C=O) groups excluding carboxylic acids is 1. The number of rotatable bonds is 7. The molecule has 1 saturated carbocycles. The lowest BCUT2D eigenvalue weighted by Gasteiger charge is -2.36. The van der Waals surface area contributed by atoms with Crippen molar-refractivity contribution in [2.45, 2.75) is 36.1 Å². The molecule has 0 atom stereocenters. The van der Waals surface area contributed by atoms with Crippen molar-refractivity contribution in [1.29, 1.82) is 0 Å². The number of hydrogen-bond acceptors (Lipinski definition) is 4. The first kappa shape index (κ1) is 19.4. The summed E-state index contributed by atoms with van der Waals surface area (Å²) in [5.74, 6) is 2.02. The highest BCUT2D eigenvalue weighted by molar-refractivity contribution is 7.89. The third kappa shape index (κ3) is 4.60. The van der Waals surface area contributed by atoms with E-state index in [1.54, 1.807) is 0 Å². The Labute approximate surface area is 150 Å². The first-order valence-electron chi connectivity index (χ1n) is 8.30. The molecule has 1 aliphatic carbocycles. The van der Waals surface area contributed by atoms with Crippen molar-refractivity contribution in [3.8, 4) is 12.3 Å². The summed E-state index contributed by atoms with van der Waals surface area (Å²) < 4.78 is 26.2. The molecule has 1 aliphatic rings. The lowest BCUT2D eigenvalue weighted by molar-refractivity contribution is 0.0900. The normalized spacial score (nSPS) is 16.6. The first-order chi connectivity index (χ1) is 11.8. The summed E-state index contributed by atoms with van der Waals surface area (Å²) in [6.07, 6.45) is 9.54. The number of terminal acetylenes is 1. The lowest BCUT2D eigenvalue weighted by Crippen LogP contribution is -2.50. The van der Waals surface area contributed by atoms with Crippen molar-refractivity contribution in [2.24, 2.45) is 0 Å². The van der Waals surface area contributed by atoms with Gasteiger partial charge in [0.2, 0.25) is 10.0 Å². The van der Waals surface area contributed by atoms with Gasteiger partial charge >= 0.3 is 0 Å². The molecule has 0 aromatic heterocycles. The number of carbonyl (C=O) groups is 1. The molecule has 0 saturated heterocycles. The fourth-order valence-corrected chi connectivity index (χ4v) is 4.10. The third-order valence-corrected chi connectivity index (χ3v) is 6.27. The molecular formula is C18H25N3O3S. The number of nitrogens with zero attached hydrogens (tertiary/aromatic N) is 1. The van der Waals surface area contributed by atoms with Gasteiger partial charge < -0.3 is 10.2 Å². The summed E-state index contributed by atoms with van der Waals surface area (Å²) in [6, 6.07) is 5.84. The largest absolute Gasteiger partial charge is 0.350 e. The van der Waals surface area contributed by atoms with Crippen molar-refractivity contribution in [1.82, 2.24) is 14.9 Å². The molecule has 25 heavy (non-hydrogen) atoms. The Morgan fingerprint density at radius 1 is 1.24 bits per heavy atom. The molecule has 136 valence electrons. The van der Waals surface area contributed by atoms with Crippen LogP contribution in [0, 0.1) is 12.3 Å². The second-order valence-corrected chi connectivity index (χ2v) is 8.33. The van der Waals surface area contributed by atoms with Gasteiger partial charge in [-0.05, 0) is 51.2 Å². The average molecular weight is 363 g/mol. The van der Waals surface area contributed by atoms with Crippen LogP contribution >= 0.6 is 0 Å². The van der Waals surface area contributed by atoms with Gasteiger partial charge in [-0.3, -0.25) is 4.79 Å². The zero-order chi connectivity index (χ0) is 18.5. The minimum absolute atomic E-state index is 0.0120. The molecule has 0 radical (unpaired) electrons. The molecule has 0 aliphatic heterocycles. The van der Waals surface area contributed by atoms with E-state index in [9.17, 15) is 13.2 Å². The molecule has 0 spiro atoms. The number of nitrogens with one attached hydrogen (secondary N) is 2. The molecule has 1 aromatic carbocycles. The van der Waals surface area contributed by atoms with Crippen LogP contribution < -0.4 is 10.0 Å². The van der Waals surface area contributed by atoms with Crippen LogP contribution in [0.5, 0.6) is 0 Å². The second kappa shape index (κ2) is 8.00. The molecular weight excluding hydrogens is 338 g/mol. The van der Waals surface area contributed by atoms with Crippen LogP contribution in [0.4, 0.5) is 0 Å². The van der Waals surface area contributed by atoms with Gasteiger partial charge in [0.1, 0.15) is 0 Å². The predicted molar refractivity (Wildman–Crippen MR) is 97.7 cm³/mol. The highest BCUT2D eigenvalue weighted by Crippen LogP contribution is 2.33. The van der Waals surface area contributed by atoms with Gasteiger partial charge in [-0.15, -0.1) is 6.42 Å². The zero-order valence-electron chi connectivity index (χ0n) is 14.7. The Balaban J connectivity index is 2.02. The molecule has 1 amide bonds. The first-order valence-corrected chi connectivity index (χ1v) is 9.78. The Morgan fingerprint density at radius 2 is 1.84 bits per heavy atom. The maximum absolute atomic E-state index is 12.4. The van der Waals surface area contributed by atoms with Gasteiger partial charge in [-0.2, -0.15) is 4.72 Å². The molecule has 2 N–H and O–H groups in total. The van der Waals surface area contributed by atoms with E-state index < -0.39 is 10.0 Å². The van der Waals surface area contributed by atoms with E-state index in [4.69, 9.17) is 6.42 Å². The van der Waals surface area contributed by atoms with Gasteiger partial charge in [0.15, 0.2) is 0 Å². The zero-order valence-corrected chi connectivity index (χ0v) is 15.5. The summed E-state index contributed by atoms with van der Waals surface area (Å²) in [5.41, 5.74) is 0.445. The van der Waals surface area contributed by atoms with Crippen molar-refractivity contribution in [3.63, 3.8) is 0 Å². The standard InChI is InChI=1S/C18H25N3O3S/c1-4-13-20-25(23,24)16-9-7-15(8-10-16)17(22)19-14-18(21(2)3)11-5-6-12-18/h1,7-10,20H,5-6,11-14H2,2-3H3,(H,19,22). The highest BCUT2D eigenvalue weighted by Gasteiger charge is 2.36. The van der Waals surface area contributed by atoms with Crippen LogP contribution in [0.15, 0.2) is 29.2 Å². The Hall–Kier alpha value is -1.88. The lowest BCUT2D eigenvalue weighted by atomic mass is 9.96. The van der Waals surface area contributed by atoms with Gasteiger partial charge in [0.05, 0.1) is 11.4 Å². The summed E-state index contributed by atoms with van der Waals surface area (Å²) >= 11 is 0. The van der Waals surface area contributed by atoms with E-state index >= 15 is 0 Å². The van der Waals surface area contributed by atoms with Crippen LogP contribution in [0.1, 0.15) is 36.0 Å². The molecule has 0 bridgehead atoms. The molecule has 6 nitrogen and oxygen atoms in total. The smallest absolute Gasteiger partial charge is 0.251 e. The Bertz CT molecular complexity index is 743. The molecule has 7 heteroatoms. The number of likely N-dealkylation sites (N-methyl/N-ethyl adjacent to an activating group) is 1. The summed E-state index contributed by atoms with van der Waals surface area (Å²) in [5, 5.41) is 2.98. The monoisotopic (exact) mass is 363 g/mol. The van der Waals surface area contributed by atoms with Gasteiger partial charge in [0, 0.05) is 17.6 Å². The molecule has 0 heterocycles. The van der Waals surface area contributed by atoms with Crippen LogP contribution in [0.25, 0.3) is 0 Å². The minimum atomic E-state index is -3.64. The van der Waals surface area contributed by atoms with Crippen LogP contribution in [0.2, 0.25) is 0 Å². The van der Waals surface area contributed by atoms with Gasteiger partial charge in [-0.25, -0.2) is 8.42 Å². The quantitative estimate of drug-likeness (QED) is 0.714. The van der Waals surface area contributed by atoms with E-state index in [-0.39, 0.29) is 22.9 Å². The topological polar surface area (TPSA) is 78.5 Å². The van der Waals surface area contributed by atoms with Gasteiger partial charge in [-0.1, -0.05) is 18.8 Å². The summed E-state index contributed by atoms with van der Waals surface area (Å²) in [4.78, 5) is 14.6. The number of hydrogen-bond donors (Lipinski definition) is 2. The molecule has 2 rings (SSSR count). The molecule has 0 unspecified atom stereocenters. The van der Waals surface area contributed by atoms with E-state index in [0.29, 0.717) is 12.1 Å². The van der Waals surface area contributed by atoms with Crippen LogP contribution in [-0.2, 0) is 10.0 Å². The maximum Gasteiger partial charge on any atom is 0.251 e. The molecule has 1 fully saturated rings. The minimum Gasteiger partial charge on any atom is -0.350 e. The average Bonchev–Trinajstić information content (AvgIpc) is 3.08. The summed E-state index contributed by atoms with van der Waals surface area (Å²) in [7, 11) is 0.442. The van der Waals surface area contributed by atoms with E-state index in [1.165, 1.54) is 37.1 Å². The Morgan fingerprint density at radius 3 is 2.36 bits per heavy atom. The van der Waals surface area contributed by atoms with Crippen molar-refractivity contribution in [3.05, 3.63) is 29.8 Å². The number of benzene rings is 1. The second-order valence-electron chi connectivity index (χ2n) is 6.56.